The van der Waals surface area contributed by atoms with Crippen molar-refractivity contribution in [1.82, 2.24) is 30.3 Å². The van der Waals surface area contributed by atoms with Crippen molar-refractivity contribution in [2.45, 2.75) is 6.54 Å². The lowest BCUT2D eigenvalue weighted by Gasteiger charge is -1.94. The number of hydrogen-bond acceptors (Lipinski definition) is 6. The highest BCUT2D eigenvalue weighted by Crippen LogP contribution is 2.18. The van der Waals surface area contributed by atoms with Gasteiger partial charge in [-0.05, 0) is 53.7 Å². The third kappa shape index (κ3) is 3.45. The van der Waals surface area contributed by atoms with Crippen LogP contribution in [0.1, 0.15) is 5.89 Å². The lowest BCUT2D eigenvalue weighted by molar-refractivity contribution is 0.356. The predicted molar refractivity (Wildman–Crippen MR) is 89.7 cm³/mol. The van der Waals surface area contributed by atoms with E-state index < -0.39 is 0 Å². The minimum Gasteiger partial charge on any atom is -0.337 e. The van der Waals surface area contributed by atoms with E-state index in [1.54, 1.807) is 12.1 Å². The molecule has 2 heterocycles. The second-order valence-electron chi connectivity index (χ2n) is 5.17. The van der Waals surface area contributed by atoms with E-state index in [0.717, 1.165) is 10.0 Å². The summed E-state index contributed by atoms with van der Waals surface area (Å²) in [5.41, 5.74) is 1.52. The largest absolute Gasteiger partial charge is 0.337 e. The smallest absolute Gasteiger partial charge is 0.250 e. The summed E-state index contributed by atoms with van der Waals surface area (Å²) in [7, 11) is 0. The number of nitrogens with zero attached hydrogens (tertiary/aromatic N) is 6. The molecule has 2 aromatic carbocycles. The van der Waals surface area contributed by atoms with Crippen molar-refractivity contribution in [3.05, 3.63) is 64.7 Å². The van der Waals surface area contributed by atoms with E-state index in [1.807, 2.05) is 24.3 Å². The standard InChI is InChI=1S/C16H10BrFN6O/c17-12-5-1-11(2-6-12)16-20-23-24(21-16)9-14-19-15(22-25-14)10-3-7-13(18)8-4-10/h1-8H,9H2. The second-order valence-corrected chi connectivity index (χ2v) is 6.08. The molecule has 124 valence electrons. The number of halogens is 2. The lowest BCUT2D eigenvalue weighted by atomic mass is 10.2. The van der Waals surface area contributed by atoms with Gasteiger partial charge in [-0.3, -0.25) is 0 Å². The Balaban J connectivity index is 1.51. The third-order valence-electron chi connectivity index (χ3n) is 3.40. The zero-order chi connectivity index (χ0) is 17.2. The molecule has 4 rings (SSSR count). The fourth-order valence-electron chi connectivity index (χ4n) is 2.18. The van der Waals surface area contributed by atoms with Crippen LogP contribution >= 0.6 is 15.9 Å². The summed E-state index contributed by atoms with van der Waals surface area (Å²) in [4.78, 5) is 5.64. The Labute approximate surface area is 149 Å². The molecule has 0 spiro atoms. The molecule has 9 heteroatoms. The first kappa shape index (κ1) is 15.6. The summed E-state index contributed by atoms with van der Waals surface area (Å²) >= 11 is 3.38. The van der Waals surface area contributed by atoms with Crippen molar-refractivity contribution in [2.24, 2.45) is 0 Å². The highest BCUT2D eigenvalue weighted by atomic mass is 79.9. The molecular weight excluding hydrogens is 391 g/mol. The fraction of sp³-hybridized carbons (Fsp3) is 0.0625. The van der Waals surface area contributed by atoms with Crippen LogP contribution < -0.4 is 0 Å². The van der Waals surface area contributed by atoms with Gasteiger partial charge < -0.3 is 4.52 Å². The molecule has 0 aliphatic carbocycles. The number of hydrogen-bond donors (Lipinski definition) is 0. The molecule has 25 heavy (non-hydrogen) atoms. The molecule has 0 aliphatic rings. The van der Waals surface area contributed by atoms with Gasteiger partial charge in [0.2, 0.25) is 11.6 Å². The average molecular weight is 401 g/mol. The quantitative estimate of drug-likeness (QED) is 0.522. The molecule has 0 aliphatic heterocycles. The number of tetrazole rings is 1. The van der Waals surface area contributed by atoms with E-state index in [-0.39, 0.29) is 12.4 Å². The number of benzene rings is 2. The number of aromatic nitrogens is 6. The van der Waals surface area contributed by atoms with Crippen molar-refractivity contribution in [3.8, 4) is 22.8 Å². The van der Waals surface area contributed by atoms with Gasteiger partial charge in [-0.15, -0.1) is 10.2 Å². The van der Waals surface area contributed by atoms with Gasteiger partial charge in [-0.1, -0.05) is 21.1 Å². The minimum atomic E-state index is -0.320. The Kier molecular flexibility index (Phi) is 4.06. The predicted octanol–water partition coefficient (Wildman–Crippen LogP) is 3.34. The summed E-state index contributed by atoms with van der Waals surface area (Å²) in [5.74, 6) is 0.896. The van der Waals surface area contributed by atoms with Crippen LogP contribution in [0.25, 0.3) is 22.8 Å². The molecule has 0 bridgehead atoms. The second kappa shape index (κ2) is 6.52. The molecule has 0 saturated heterocycles. The average Bonchev–Trinajstić information content (AvgIpc) is 3.27. The van der Waals surface area contributed by atoms with E-state index >= 15 is 0 Å². The maximum Gasteiger partial charge on any atom is 0.250 e. The van der Waals surface area contributed by atoms with E-state index in [1.165, 1.54) is 16.9 Å². The van der Waals surface area contributed by atoms with Crippen LogP contribution in [0, 0.1) is 5.82 Å². The summed E-state index contributed by atoms with van der Waals surface area (Å²) in [6.45, 7) is 0.192. The van der Waals surface area contributed by atoms with E-state index in [4.69, 9.17) is 4.52 Å². The van der Waals surface area contributed by atoms with Gasteiger partial charge in [0.1, 0.15) is 12.4 Å². The van der Waals surface area contributed by atoms with Gasteiger partial charge in [-0.25, -0.2) is 4.39 Å². The van der Waals surface area contributed by atoms with Crippen LogP contribution in [0.15, 0.2) is 57.5 Å². The normalized spacial score (nSPS) is 11.0. The van der Waals surface area contributed by atoms with Gasteiger partial charge in [-0.2, -0.15) is 9.78 Å². The molecule has 0 amide bonds. The molecule has 0 fully saturated rings. The highest BCUT2D eigenvalue weighted by molar-refractivity contribution is 9.10. The SMILES string of the molecule is Fc1ccc(-c2noc(Cn3nnc(-c4ccc(Br)cc4)n3)n2)cc1. The maximum atomic E-state index is 13.0. The van der Waals surface area contributed by atoms with E-state index in [2.05, 4.69) is 41.5 Å². The fourth-order valence-corrected chi connectivity index (χ4v) is 2.45. The summed E-state index contributed by atoms with van der Waals surface area (Å²) in [6, 6.07) is 13.5. The molecule has 0 radical (unpaired) electrons. The third-order valence-corrected chi connectivity index (χ3v) is 3.93. The Hall–Kier alpha value is -2.94. The lowest BCUT2D eigenvalue weighted by Crippen LogP contribution is -2.04. The summed E-state index contributed by atoms with van der Waals surface area (Å²) in [5, 5.41) is 16.2. The van der Waals surface area contributed by atoms with E-state index in [0.29, 0.717) is 23.1 Å². The van der Waals surface area contributed by atoms with Crippen LogP contribution in [0.4, 0.5) is 4.39 Å². The first-order valence-corrected chi connectivity index (χ1v) is 8.09. The first-order chi connectivity index (χ1) is 12.2. The Bertz CT molecular complexity index is 914. The van der Waals surface area contributed by atoms with Crippen molar-refractivity contribution in [3.63, 3.8) is 0 Å². The van der Waals surface area contributed by atoms with Crippen LogP contribution in [0.3, 0.4) is 0 Å². The van der Waals surface area contributed by atoms with Gasteiger partial charge in [0.25, 0.3) is 5.89 Å². The van der Waals surface area contributed by atoms with Crippen molar-refractivity contribution >= 4 is 15.9 Å². The van der Waals surface area contributed by atoms with Crippen molar-refractivity contribution in [1.29, 1.82) is 0 Å². The zero-order valence-corrected chi connectivity index (χ0v) is 14.3. The van der Waals surface area contributed by atoms with E-state index in [9.17, 15) is 4.39 Å². The molecule has 0 saturated carbocycles. The molecule has 2 aromatic heterocycles. The van der Waals surface area contributed by atoms with Crippen LogP contribution in [0.2, 0.25) is 0 Å². The molecule has 0 atom stereocenters. The molecule has 0 N–H and O–H groups in total. The van der Waals surface area contributed by atoms with Gasteiger partial charge in [0, 0.05) is 15.6 Å². The topological polar surface area (TPSA) is 82.5 Å². The van der Waals surface area contributed by atoms with Crippen molar-refractivity contribution in [2.75, 3.05) is 0 Å². The van der Waals surface area contributed by atoms with Crippen molar-refractivity contribution < 1.29 is 8.91 Å². The van der Waals surface area contributed by atoms with Gasteiger partial charge >= 0.3 is 0 Å². The molecule has 4 aromatic rings. The maximum absolute atomic E-state index is 13.0. The zero-order valence-electron chi connectivity index (χ0n) is 12.7. The van der Waals surface area contributed by atoms with Crippen LogP contribution in [-0.4, -0.2) is 30.3 Å². The Morgan fingerprint density at radius 3 is 2.40 bits per heavy atom. The Morgan fingerprint density at radius 1 is 0.960 bits per heavy atom. The summed E-state index contributed by atoms with van der Waals surface area (Å²) < 4.78 is 19.1. The first-order valence-electron chi connectivity index (χ1n) is 7.30. The minimum absolute atomic E-state index is 0.192. The summed E-state index contributed by atoms with van der Waals surface area (Å²) in [6.07, 6.45) is 0. The van der Waals surface area contributed by atoms with Gasteiger partial charge in [0.05, 0.1) is 0 Å². The Morgan fingerprint density at radius 2 is 1.64 bits per heavy atom. The molecule has 7 nitrogen and oxygen atoms in total. The van der Waals surface area contributed by atoms with Gasteiger partial charge in [0.15, 0.2) is 0 Å². The highest BCUT2D eigenvalue weighted by Gasteiger charge is 2.12. The number of rotatable bonds is 4. The monoisotopic (exact) mass is 400 g/mol. The molecule has 0 unspecified atom stereocenters. The molecular formula is C16H10BrFN6O. The van der Waals surface area contributed by atoms with Crippen LogP contribution in [-0.2, 0) is 6.54 Å². The van der Waals surface area contributed by atoms with Crippen LogP contribution in [0.5, 0.6) is 0 Å².